The normalized spacial score (nSPS) is 17.4. The number of benzene rings is 3. The highest BCUT2D eigenvalue weighted by Gasteiger charge is 2.42. The van der Waals surface area contributed by atoms with Crippen LogP contribution < -0.4 is 21.3 Å². The molecule has 0 saturated carbocycles. The van der Waals surface area contributed by atoms with Crippen molar-refractivity contribution >= 4 is 69.1 Å². The molecule has 3 aromatic carbocycles. The fraction of sp³-hybridized carbons (Fsp3) is 0.148. The van der Waals surface area contributed by atoms with E-state index in [0.29, 0.717) is 27.5 Å². The van der Waals surface area contributed by atoms with Gasteiger partial charge in [-0.2, -0.15) is 0 Å². The van der Waals surface area contributed by atoms with Crippen LogP contribution in [0.5, 0.6) is 0 Å². The van der Waals surface area contributed by atoms with Crippen LogP contribution in [0.1, 0.15) is 18.4 Å². The highest BCUT2D eigenvalue weighted by Crippen LogP contribution is 2.29. The van der Waals surface area contributed by atoms with Gasteiger partial charge < -0.3 is 16.0 Å². The van der Waals surface area contributed by atoms with E-state index in [9.17, 15) is 24.0 Å². The third kappa shape index (κ3) is 4.94. The molecule has 1 unspecified atom stereocenters. The minimum Gasteiger partial charge on any atom is -0.351 e. The van der Waals surface area contributed by atoms with Crippen LogP contribution in [-0.2, 0) is 19.2 Å². The van der Waals surface area contributed by atoms with E-state index in [1.807, 2.05) is 13.0 Å². The number of carbonyl (C=O) groups excluding carboxylic acids is 5. The van der Waals surface area contributed by atoms with Gasteiger partial charge in [-0.3, -0.25) is 29.4 Å². The molecule has 2 aliphatic rings. The van der Waals surface area contributed by atoms with Gasteiger partial charge in [-0.25, -0.2) is 4.79 Å². The molecule has 4 N–H and O–H groups in total. The van der Waals surface area contributed by atoms with Gasteiger partial charge >= 0.3 is 6.03 Å². The second-order valence-corrected chi connectivity index (χ2v) is 9.36. The Labute approximate surface area is 222 Å². The maximum absolute atomic E-state index is 13.0. The number of nitrogens with zero attached hydrogens (tertiary/aromatic N) is 1. The average Bonchev–Trinajstić information content (AvgIpc) is 3.14. The van der Waals surface area contributed by atoms with Crippen molar-refractivity contribution in [3.05, 3.63) is 77.0 Å². The smallest absolute Gasteiger partial charge is 0.323 e. The van der Waals surface area contributed by atoms with Crippen LogP contribution in [0, 0.1) is 6.92 Å². The molecule has 1 fully saturated rings. The number of fused-ring (bicyclic) bond motifs is 1. The van der Waals surface area contributed by atoms with Gasteiger partial charge in [0, 0.05) is 34.3 Å². The summed E-state index contributed by atoms with van der Waals surface area (Å²) in [5.41, 5.74) is 2.45. The lowest BCUT2D eigenvalue weighted by atomic mass is 10.0. The molecule has 5 rings (SSSR count). The second kappa shape index (κ2) is 9.98. The number of aryl methyl sites for hydroxylation is 1. The van der Waals surface area contributed by atoms with Crippen molar-refractivity contribution in [1.82, 2.24) is 10.2 Å². The highest BCUT2D eigenvalue weighted by molar-refractivity contribution is 6.31. The van der Waals surface area contributed by atoms with Crippen molar-refractivity contribution in [2.45, 2.75) is 25.8 Å². The topological polar surface area (TPSA) is 137 Å². The number of carbonyl (C=O) groups is 5. The fourth-order valence-electron chi connectivity index (χ4n) is 4.37. The molecule has 11 heteroatoms. The predicted octanol–water partition coefficient (Wildman–Crippen LogP) is 3.92. The maximum atomic E-state index is 13.0. The van der Waals surface area contributed by atoms with Gasteiger partial charge in [-0.15, -0.1) is 0 Å². The first-order valence-electron chi connectivity index (χ1n) is 11.8. The molecule has 1 saturated heterocycles. The van der Waals surface area contributed by atoms with Crippen LogP contribution in [0.15, 0.2) is 66.4 Å². The number of urea groups is 1. The molecule has 0 bridgehead atoms. The van der Waals surface area contributed by atoms with Crippen LogP contribution in [0.25, 0.3) is 10.8 Å². The van der Waals surface area contributed by atoms with E-state index in [0.717, 1.165) is 21.9 Å². The Balaban J connectivity index is 1.33. The van der Waals surface area contributed by atoms with Crippen LogP contribution in [-0.4, -0.2) is 40.6 Å². The van der Waals surface area contributed by atoms with Crippen LogP contribution in [0.2, 0.25) is 5.02 Å². The third-order valence-electron chi connectivity index (χ3n) is 6.32. The number of imide groups is 2. The van der Waals surface area contributed by atoms with Crippen molar-refractivity contribution in [3.63, 3.8) is 0 Å². The maximum Gasteiger partial charge on any atom is 0.323 e. The van der Waals surface area contributed by atoms with Crippen molar-refractivity contribution in [2.24, 2.45) is 0 Å². The Morgan fingerprint density at radius 3 is 2.55 bits per heavy atom. The molecular formula is C27H22ClN5O5. The van der Waals surface area contributed by atoms with Crippen LogP contribution in [0.4, 0.5) is 21.9 Å². The zero-order chi connectivity index (χ0) is 27.0. The minimum absolute atomic E-state index is 0.00140. The summed E-state index contributed by atoms with van der Waals surface area (Å²) in [5, 5.41) is 12.7. The summed E-state index contributed by atoms with van der Waals surface area (Å²) in [5.74, 6) is -2.41. The number of piperidine rings is 1. The Hall–Kier alpha value is -4.70. The van der Waals surface area contributed by atoms with Crippen LogP contribution >= 0.6 is 11.6 Å². The molecule has 38 heavy (non-hydrogen) atoms. The Morgan fingerprint density at radius 1 is 1.00 bits per heavy atom. The van der Waals surface area contributed by atoms with E-state index in [4.69, 9.17) is 11.6 Å². The molecule has 0 aromatic heterocycles. The quantitative estimate of drug-likeness (QED) is 0.368. The van der Waals surface area contributed by atoms with E-state index < -0.39 is 35.7 Å². The highest BCUT2D eigenvalue weighted by atomic mass is 35.5. The van der Waals surface area contributed by atoms with Crippen molar-refractivity contribution < 1.29 is 24.0 Å². The molecule has 192 valence electrons. The Morgan fingerprint density at radius 2 is 1.79 bits per heavy atom. The van der Waals surface area contributed by atoms with Gasteiger partial charge in [0.25, 0.3) is 11.8 Å². The Bertz CT molecular complexity index is 1570. The molecule has 1 atom stereocenters. The Kier molecular flexibility index (Phi) is 6.56. The van der Waals surface area contributed by atoms with E-state index in [1.54, 1.807) is 48.5 Å². The third-order valence-corrected chi connectivity index (χ3v) is 6.72. The summed E-state index contributed by atoms with van der Waals surface area (Å²) in [6.45, 7) is 1.87. The zero-order valence-corrected chi connectivity index (χ0v) is 20.9. The molecule has 0 spiro atoms. The molecular weight excluding hydrogens is 510 g/mol. The van der Waals surface area contributed by atoms with Gasteiger partial charge in [0.15, 0.2) is 0 Å². The van der Waals surface area contributed by atoms with Crippen molar-refractivity contribution in [1.29, 1.82) is 0 Å². The van der Waals surface area contributed by atoms with Gasteiger partial charge in [-0.05, 0) is 54.6 Å². The first-order chi connectivity index (χ1) is 18.2. The summed E-state index contributed by atoms with van der Waals surface area (Å²) in [6, 6.07) is 14.4. The largest absolute Gasteiger partial charge is 0.351 e. The minimum atomic E-state index is -1.04. The number of anilines is 3. The second-order valence-electron chi connectivity index (χ2n) is 8.95. The molecule has 6 amide bonds. The van der Waals surface area contributed by atoms with Crippen molar-refractivity contribution in [2.75, 3.05) is 16.0 Å². The van der Waals surface area contributed by atoms with E-state index >= 15 is 0 Å². The number of halogens is 1. The number of nitrogens with one attached hydrogen (secondary N) is 4. The number of hydrogen-bond donors (Lipinski definition) is 4. The van der Waals surface area contributed by atoms with E-state index in [2.05, 4.69) is 21.3 Å². The van der Waals surface area contributed by atoms with Crippen LogP contribution in [0.3, 0.4) is 0 Å². The standard InChI is InChI=1S/C27H22ClN5O5/c1-14-5-7-17(12-19(14)28)30-27(38)31-20-4-2-3-15-6-8-16(11-18(15)20)29-21-13-24(35)33(26(21)37)22-9-10-23(34)32-25(22)36/h2-8,11-13,22,29H,9-10H2,1H3,(H2,30,31,38)(H,32,34,36). The fourth-order valence-corrected chi connectivity index (χ4v) is 4.55. The predicted molar refractivity (Wildman–Crippen MR) is 143 cm³/mol. The molecule has 0 aliphatic carbocycles. The lowest BCUT2D eigenvalue weighted by Crippen LogP contribution is -2.54. The summed E-state index contributed by atoms with van der Waals surface area (Å²) >= 11 is 6.14. The lowest BCUT2D eigenvalue weighted by Gasteiger charge is -2.28. The SMILES string of the molecule is Cc1ccc(NC(=O)Nc2cccc3ccc(NC4=CC(=O)N(C5CCC(=O)NC5=O)C4=O)cc23)cc1Cl. The molecule has 2 aliphatic heterocycles. The summed E-state index contributed by atoms with van der Waals surface area (Å²) < 4.78 is 0. The van der Waals surface area contributed by atoms with Gasteiger partial charge in [0.05, 0.1) is 5.69 Å². The monoisotopic (exact) mass is 531 g/mol. The number of hydrogen-bond acceptors (Lipinski definition) is 6. The molecule has 0 radical (unpaired) electrons. The van der Waals surface area contributed by atoms with E-state index in [1.165, 1.54) is 0 Å². The molecule has 2 heterocycles. The first kappa shape index (κ1) is 25.0. The summed E-state index contributed by atoms with van der Waals surface area (Å²) in [4.78, 5) is 62.7. The van der Waals surface area contributed by atoms with Gasteiger partial charge in [0.2, 0.25) is 11.8 Å². The molecule has 10 nitrogen and oxygen atoms in total. The number of amides is 6. The van der Waals surface area contributed by atoms with E-state index in [-0.39, 0.29) is 18.5 Å². The zero-order valence-electron chi connectivity index (χ0n) is 20.1. The lowest BCUT2D eigenvalue weighted by molar-refractivity contribution is -0.149. The number of rotatable bonds is 5. The van der Waals surface area contributed by atoms with Gasteiger partial charge in [-0.1, -0.05) is 35.9 Å². The van der Waals surface area contributed by atoms with Gasteiger partial charge in [0.1, 0.15) is 11.7 Å². The van der Waals surface area contributed by atoms with Crippen molar-refractivity contribution in [3.8, 4) is 0 Å². The average molecular weight is 532 g/mol. The summed E-state index contributed by atoms with van der Waals surface area (Å²) in [6.07, 6.45) is 1.24. The first-order valence-corrected chi connectivity index (χ1v) is 12.1. The summed E-state index contributed by atoms with van der Waals surface area (Å²) in [7, 11) is 0. The molecule has 3 aromatic rings.